The number of halogens is 1. The van der Waals surface area contributed by atoms with Gasteiger partial charge in [0.25, 0.3) is 5.91 Å². The summed E-state index contributed by atoms with van der Waals surface area (Å²) >= 11 is 7.62. The summed E-state index contributed by atoms with van der Waals surface area (Å²) in [5, 5.41) is 10.4. The van der Waals surface area contributed by atoms with Gasteiger partial charge in [0.05, 0.1) is 16.8 Å². The Bertz CT molecular complexity index is 1590. The number of pyridine rings is 1. The fourth-order valence-corrected chi connectivity index (χ4v) is 6.77. The molecule has 1 saturated heterocycles. The maximum absolute atomic E-state index is 12.3. The van der Waals surface area contributed by atoms with Crippen molar-refractivity contribution in [3.8, 4) is 16.3 Å². The van der Waals surface area contributed by atoms with Gasteiger partial charge in [0.2, 0.25) is 0 Å². The van der Waals surface area contributed by atoms with Gasteiger partial charge in [-0.05, 0) is 51.8 Å². The molecule has 1 aromatic carbocycles. The molecule has 11 heteroatoms. The lowest BCUT2D eigenvalue weighted by atomic mass is 10.0. The molecule has 4 heterocycles. The lowest BCUT2D eigenvalue weighted by molar-refractivity contribution is 0.0718. The maximum Gasteiger partial charge on any atom is 0.408 e. The number of hydrogen-bond acceptors (Lipinski definition) is 6. The second-order valence-electron chi connectivity index (χ2n) is 11.4. The van der Waals surface area contributed by atoms with Crippen molar-refractivity contribution in [2.24, 2.45) is 5.73 Å². The van der Waals surface area contributed by atoms with E-state index in [0.717, 1.165) is 40.3 Å². The molecule has 0 spiro atoms. The minimum absolute atomic E-state index is 0.0510. The van der Waals surface area contributed by atoms with Crippen molar-refractivity contribution in [2.45, 2.75) is 58.3 Å². The molecule has 1 aliphatic heterocycles. The molecule has 3 aromatic heterocycles. The first kappa shape index (κ1) is 28.9. The summed E-state index contributed by atoms with van der Waals surface area (Å²) in [6.45, 7) is 9.85. The number of fused-ring (bicyclic) bond motifs is 1. The quantitative estimate of drug-likeness (QED) is 0.247. The highest BCUT2D eigenvalue weighted by atomic mass is 35.5. The van der Waals surface area contributed by atoms with Crippen LogP contribution < -0.4 is 10.5 Å². The standard InChI is InChI=1S/C30H34ClN5O4S/c1-18(21-7-5-6-8-22(21)31)40-24-13-25(41-27(24)28(32)37)23-14-33-26-10-9-19(16-35(23)26)15-34-12-11-20(17-34)36(29(38)39)30(2,3)4/h5-10,13-14,16,18,20H,11-12,15,17H2,1-4H3,(H2,32,37)(H,38,39)/t18-,20+/m1/s1. The summed E-state index contributed by atoms with van der Waals surface area (Å²) in [5.74, 6) is -0.160. The number of rotatable bonds is 8. The topological polar surface area (TPSA) is 113 Å². The Morgan fingerprint density at radius 1 is 1.27 bits per heavy atom. The summed E-state index contributed by atoms with van der Waals surface area (Å²) < 4.78 is 8.19. The van der Waals surface area contributed by atoms with Crippen molar-refractivity contribution in [2.75, 3.05) is 13.1 Å². The fraction of sp³-hybridized carbons (Fsp3) is 0.367. The molecule has 0 saturated carbocycles. The predicted octanol–water partition coefficient (Wildman–Crippen LogP) is 6.31. The van der Waals surface area contributed by atoms with E-state index in [4.69, 9.17) is 22.1 Å². The molecule has 3 N–H and O–H groups in total. The Balaban J connectivity index is 1.38. The first-order valence-electron chi connectivity index (χ1n) is 13.5. The average Bonchev–Trinajstić information content (AvgIpc) is 3.62. The molecule has 0 radical (unpaired) electrons. The zero-order valence-electron chi connectivity index (χ0n) is 23.5. The van der Waals surface area contributed by atoms with Gasteiger partial charge >= 0.3 is 6.09 Å². The Hall–Kier alpha value is -3.60. The number of aromatic nitrogens is 2. The molecule has 0 bridgehead atoms. The number of hydrogen-bond donors (Lipinski definition) is 2. The highest BCUT2D eigenvalue weighted by Crippen LogP contribution is 2.39. The van der Waals surface area contributed by atoms with Gasteiger partial charge < -0.3 is 15.6 Å². The number of thiophene rings is 1. The Kier molecular flexibility index (Phi) is 8.00. The highest BCUT2D eigenvalue weighted by molar-refractivity contribution is 7.17. The third-order valence-electron chi connectivity index (χ3n) is 7.34. The third kappa shape index (κ3) is 6.05. The van der Waals surface area contributed by atoms with E-state index in [1.165, 1.54) is 11.3 Å². The van der Waals surface area contributed by atoms with Crippen LogP contribution in [0.2, 0.25) is 5.02 Å². The number of amides is 2. The minimum Gasteiger partial charge on any atom is -0.484 e. The van der Waals surface area contributed by atoms with Crippen LogP contribution in [0.15, 0.2) is 54.9 Å². The number of carbonyl (C=O) groups is 2. The van der Waals surface area contributed by atoms with E-state index in [2.05, 4.69) is 9.88 Å². The number of likely N-dealkylation sites (tertiary alicyclic amines) is 1. The SMILES string of the molecule is C[C@@H](Oc1cc(-c2cnc3ccc(CN4CC[C@H](N(C(=O)O)C(C)(C)C)C4)cn23)sc1C(N)=O)c1ccccc1Cl. The van der Waals surface area contributed by atoms with E-state index in [1.807, 2.05) is 74.7 Å². The largest absolute Gasteiger partial charge is 0.484 e. The van der Waals surface area contributed by atoms with Crippen LogP contribution in [0.3, 0.4) is 0 Å². The van der Waals surface area contributed by atoms with Gasteiger partial charge in [0.1, 0.15) is 22.4 Å². The summed E-state index contributed by atoms with van der Waals surface area (Å²) in [6.07, 6.45) is 3.34. The van der Waals surface area contributed by atoms with Crippen LogP contribution >= 0.6 is 22.9 Å². The van der Waals surface area contributed by atoms with Crippen LogP contribution in [-0.2, 0) is 6.54 Å². The molecule has 41 heavy (non-hydrogen) atoms. The predicted molar refractivity (Wildman–Crippen MR) is 161 cm³/mol. The van der Waals surface area contributed by atoms with Crippen LogP contribution in [0.5, 0.6) is 5.75 Å². The number of nitrogens with zero attached hydrogens (tertiary/aromatic N) is 4. The third-order valence-corrected chi connectivity index (χ3v) is 8.83. The van der Waals surface area contributed by atoms with E-state index in [9.17, 15) is 14.7 Å². The number of carbonyl (C=O) groups excluding carboxylic acids is 1. The van der Waals surface area contributed by atoms with Gasteiger partial charge in [0.15, 0.2) is 0 Å². The van der Waals surface area contributed by atoms with Crippen molar-refractivity contribution in [3.05, 3.63) is 75.9 Å². The molecule has 2 atom stereocenters. The van der Waals surface area contributed by atoms with Crippen molar-refractivity contribution in [1.29, 1.82) is 0 Å². The Morgan fingerprint density at radius 3 is 2.71 bits per heavy atom. The average molecular weight is 596 g/mol. The van der Waals surface area contributed by atoms with Crippen molar-refractivity contribution >= 4 is 40.6 Å². The van der Waals surface area contributed by atoms with Crippen LogP contribution in [0.4, 0.5) is 4.79 Å². The van der Waals surface area contributed by atoms with E-state index in [1.54, 1.807) is 17.2 Å². The maximum atomic E-state index is 12.3. The molecule has 0 aliphatic carbocycles. The second kappa shape index (κ2) is 11.3. The van der Waals surface area contributed by atoms with Gasteiger partial charge in [-0.15, -0.1) is 11.3 Å². The molecular weight excluding hydrogens is 562 g/mol. The van der Waals surface area contributed by atoms with E-state index in [-0.39, 0.29) is 6.04 Å². The molecule has 216 valence electrons. The summed E-state index contributed by atoms with van der Waals surface area (Å²) in [4.78, 5) is 33.8. The molecule has 9 nitrogen and oxygen atoms in total. The first-order valence-corrected chi connectivity index (χ1v) is 14.7. The van der Waals surface area contributed by atoms with Gasteiger partial charge in [-0.2, -0.15) is 0 Å². The van der Waals surface area contributed by atoms with Gasteiger partial charge in [-0.3, -0.25) is 19.0 Å². The summed E-state index contributed by atoms with van der Waals surface area (Å²) in [7, 11) is 0. The molecule has 0 unspecified atom stereocenters. The second-order valence-corrected chi connectivity index (χ2v) is 12.8. The lowest BCUT2D eigenvalue weighted by Gasteiger charge is -2.38. The monoisotopic (exact) mass is 595 g/mol. The number of carboxylic acid groups (broad SMARTS) is 1. The summed E-state index contributed by atoms with van der Waals surface area (Å²) in [6, 6.07) is 13.2. The zero-order chi connectivity index (χ0) is 29.5. The Labute approximate surface area is 248 Å². The van der Waals surface area contributed by atoms with Crippen molar-refractivity contribution in [3.63, 3.8) is 0 Å². The zero-order valence-corrected chi connectivity index (χ0v) is 25.1. The minimum atomic E-state index is -0.885. The van der Waals surface area contributed by atoms with E-state index in [0.29, 0.717) is 28.7 Å². The van der Waals surface area contributed by atoms with Crippen molar-refractivity contribution < 1.29 is 19.4 Å². The van der Waals surface area contributed by atoms with Crippen LogP contribution in [-0.4, -0.2) is 61.0 Å². The number of ether oxygens (including phenoxy) is 1. The Morgan fingerprint density at radius 2 is 2.02 bits per heavy atom. The number of benzene rings is 1. The van der Waals surface area contributed by atoms with Gasteiger partial charge in [-0.1, -0.05) is 35.9 Å². The van der Waals surface area contributed by atoms with Crippen LogP contribution in [0.1, 0.15) is 61.0 Å². The molecular formula is C30H34ClN5O4S. The number of imidazole rings is 1. The van der Waals surface area contributed by atoms with Crippen LogP contribution in [0.25, 0.3) is 16.2 Å². The molecule has 1 fully saturated rings. The smallest absolute Gasteiger partial charge is 0.408 e. The van der Waals surface area contributed by atoms with Crippen LogP contribution in [0, 0.1) is 0 Å². The van der Waals surface area contributed by atoms with Crippen molar-refractivity contribution in [1.82, 2.24) is 19.2 Å². The fourth-order valence-electron chi connectivity index (χ4n) is 5.53. The number of nitrogens with two attached hydrogens (primary N) is 1. The molecule has 2 amide bonds. The summed E-state index contributed by atoms with van der Waals surface area (Å²) in [5.41, 5.74) is 8.75. The normalized spacial score (nSPS) is 16.7. The van der Waals surface area contributed by atoms with Gasteiger partial charge in [-0.25, -0.2) is 9.78 Å². The highest BCUT2D eigenvalue weighted by Gasteiger charge is 2.37. The van der Waals surface area contributed by atoms with E-state index < -0.39 is 23.6 Å². The van der Waals surface area contributed by atoms with Gasteiger partial charge in [0, 0.05) is 54.1 Å². The molecule has 5 rings (SSSR count). The van der Waals surface area contributed by atoms with E-state index >= 15 is 0 Å². The molecule has 4 aromatic rings. The number of primary amides is 1. The lowest BCUT2D eigenvalue weighted by Crippen LogP contribution is -2.52. The first-order chi connectivity index (χ1) is 19.4. The molecule has 1 aliphatic rings.